The Morgan fingerprint density at radius 2 is 2.15 bits per heavy atom. The maximum Gasteiger partial charge on any atom is 0.256 e. The molecule has 1 fully saturated rings. The summed E-state index contributed by atoms with van der Waals surface area (Å²) in [5, 5.41) is 6.48. The number of carbonyl (C=O) groups is 2. The highest BCUT2D eigenvalue weighted by Gasteiger charge is 2.25. The van der Waals surface area contributed by atoms with Crippen LogP contribution in [-0.2, 0) is 4.79 Å². The van der Waals surface area contributed by atoms with Crippen molar-refractivity contribution in [3.8, 4) is 11.3 Å². The molecule has 2 aromatic heterocycles. The number of anilines is 1. The number of benzene rings is 1. The number of fused-ring (bicyclic) bond motifs is 1. The molecule has 0 bridgehead atoms. The van der Waals surface area contributed by atoms with Gasteiger partial charge in [-0.15, -0.1) is 0 Å². The molecule has 33 heavy (non-hydrogen) atoms. The van der Waals surface area contributed by atoms with Crippen molar-refractivity contribution >= 4 is 40.8 Å². The van der Waals surface area contributed by atoms with E-state index in [2.05, 4.69) is 27.6 Å². The molecule has 1 saturated heterocycles. The largest absolute Gasteiger partial charge is 0.457 e. The molecule has 168 valence electrons. The lowest BCUT2D eigenvalue weighted by atomic mass is 10.1. The number of piperidine rings is 1. The molecule has 1 atom stereocenters. The third-order valence-corrected chi connectivity index (χ3v) is 6.16. The number of hydrogen-bond donors (Lipinski definition) is 2. The van der Waals surface area contributed by atoms with Crippen LogP contribution in [0.3, 0.4) is 0 Å². The normalized spacial score (nSPS) is 19.4. The summed E-state index contributed by atoms with van der Waals surface area (Å²) in [5.74, 6) is 0.725. The van der Waals surface area contributed by atoms with Crippen molar-refractivity contribution in [2.75, 3.05) is 25.5 Å². The van der Waals surface area contributed by atoms with Crippen LogP contribution in [0.2, 0.25) is 5.02 Å². The van der Waals surface area contributed by atoms with Gasteiger partial charge in [0.2, 0.25) is 0 Å². The number of likely N-dealkylation sites (tertiary alicyclic amines) is 1. The summed E-state index contributed by atoms with van der Waals surface area (Å²) in [6.07, 6.45) is 6.93. The van der Waals surface area contributed by atoms with Gasteiger partial charge in [0.1, 0.15) is 11.5 Å². The topological polar surface area (TPSA) is 87.5 Å². The molecule has 1 unspecified atom stereocenters. The number of nitrogens with zero attached hydrogens (tertiary/aromatic N) is 2. The van der Waals surface area contributed by atoms with Crippen LogP contribution in [0.5, 0.6) is 0 Å². The predicted octanol–water partition coefficient (Wildman–Crippen LogP) is 4.31. The Hall–Kier alpha value is -3.42. The molecule has 0 aliphatic carbocycles. The molecule has 3 aromatic rings. The summed E-state index contributed by atoms with van der Waals surface area (Å²) in [6.45, 7) is 1.90. The van der Waals surface area contributed by atoms with Crippen molar-refractivity contribution in [1.82, 2.24) is 15.2 Å². The molecule has 2 aliphatic heterocycles. The van der Waals surface area contributed by atoms with E-state index < -0.39 is 0 Å². The highest BCUT2D eigenvalue weighted by atomic mass is 35.5. The first-order valence-corrected chi connectivity index (χ1v) is 11.2. The maximum absolute atomic E-state index is 12.8. The van der Waals surface area contributed by atoms with E-state index in [0.29, 0.717) is 33.2 Å². The van der Waals surface area contributed by atoms with Gasteiger partial charge in [-0.3, -0.25) is 14.6 Å². The smallest absolute Gasteiger partial charge is 0.256 e. The maximum atomic E-state index is 12.8. The van der Waals surface area contributed by atoms with Gasteiger partial charge in [0.25, 0.3) is 11.8 Å². The fraction of sp³-hybridized carbons (Fsp3) is 0.240. The van der Waals surface area contributed by atoms with Gasteiger partial charge >= 0.3 is 0 Å². The zero-order valence-electron chi connectivity index (χ0n) is 18.1. The second-order valence-corrected chi connectivity index (χ2v) is 8.88. The number of aromatic nitrogens is 1. The minimum atomic E-state index is -0.209. The standard InChI is InChI=1S/C25H23ClN4O3/c1-30-8-2-3-18(14-30)28-24(31)16-9-15(12-27-13-16)23-7-5-19(33-23)11-21-20-10-17(26)4-6-22(20)29-25(21)32/h4-7,9-13,18H,2-3,8,14H2,1H3,(H,28,31)(H,29,32)/b21-11+. The number of likely N-dealkylation sites (N-methyl/N-ethyl adjacent to an activating group) is 1. The van der Waals surface area contributed by atoms with Crippen molar-refractivity contribution in [3.63, 3.8) is 0 Å². The summed E-state index contributed by atoms with van der Waals surface area (Å²) in [7, 11) is 2.06. The van der Waals surface area contributed by atoms with Crippen LogP contribution < -0.4 is 10.6 Å². The van der Waals surface area contributed by atoms with Gasteiger partial charge < -0.3 is 20.0 Å². The molecule has 0 spiro atoms. The highest BCUT2D eigenvalue weighted by molar-refractivity contribution is 6.36. The van der Waals surface area contributed by atoms with E-state index in [1.807, 2.05) is 0 Å². The van der Waals surface area contributed by atoms with Gasteiger partial charge in [0.15, 0.2) is 0 Å². The third kappa shape index (κ3) is 4.55. The number of carbonyl (C=O) groups excluding carboxylic acids is 2. The molecule has 4 heterocycles. The predicted molar refractivity (Wildman–Crippen MR) is 128 cm³/mol. The number of amides is 2. The van der Waals surface area contributed by atoms with Gasteiger partial charge in [0, 0.05) is 46.8 Å². The van der Waals surface area contributed by atoms with E-state index in [4.69, 9.17) is 16.0 Å². The molecule has 1 aromatic carbocycles. The molecule has 2 aliphatic rings. The molecule has 0 radical (unpaired) electrons. The Morgan fingerprint density at radius 3 is 3.00 bits per heavy atom. The second-order valence-electron chi connectivity index (χ2n) is 8.44. The van der Waals surface area contributed by atoms with Crippen LogP contribution in [0.25, 0.3) is 23.0 Å². The van der Waals surface area contributed by atoms with E-state index >= 15 is 0 Å². The second kappa shape index (κ2) is 8.84. The Balaban J connectivity index is 1.36. The SMILES string of the molecule is CN1CCCC(NC(=O)c2cncc(-c3ccc(/C=C4/C(=O)Nc5ccc(Cl)cc54)o3)c2)C1. The van der Waals surface area contributed by atoms with Crippen LogP contribution >= 0.6 is 11.6 Å². The van der Waals surface area contributed by atoms with Crippen LogP contribution in [-0.4, -0.2) is 47.9 Å². The fourth-order valence-electron chi connectivity index (χ4n) is 4.28. The Bertz CT molecular complexity index is 1270. The lowest BCUT2D eigenvalue weighted by molar-refractivity contribution is -0.110. The molecule has 0 saturated carbocycles. The van der Waals surface area contributed by atoms with Gasteiger partial charge in [0.05, 0.1) is 11.1 Å². The third-order valence-electron chi connectivity index (χ3n) is 5.92. The molecule has 2 N–H and O–H groups in total. The summed E-state index contributed by atoms with van der Waals surface area (Å²) in [5.41, 5.74) is 3.11. The van der Waals surface area contributed by atoms with Crippen LogP contribution in [0.4, 0.5) is 5.69 Å². The molecular formula is C25H23ClN4O3. The molecule has 8 heteroatoms. The minimum absolute atomic E-state index is 0.135. The van der Waals surface area contributed by atoms with E-state index in [1.165, 1.54) is 0 Å². The van der Waals surface area contributed by atoms with E-state index in [9.17, 15) is 9.59 Å². The number of furan rings is 1. The molecule has 7 nitrogen and oxygen atoms in total. The minimum Gasteiger partial charge on any atom is -0.457 e. The fourth-order valence-corrected chi connectivity index (χ4v) is 4.46. The first-order valence-electron chi connectivity index (χ1n) is 10.8. The van der Waals surface area contributed by atoms with Crippen molar-refractivity contribution in [2.45, 2.75) is 18.9 Å². The van der Waals surface area contributed by atoms with Gasteiger partial charge in [-0.2, -0.15) is 0 Å². The van der Waals surface area contributed by atoms with Crippen LogP contribution in [0.15, 0.2) is 53.2 Å². The van der Waals surface area contributed by atoms with Gasteiger partial charge in [-0.25, -0.2) is 0 Å². The van der Waals surface area contributed by atoms with E-state index in [0.717, 1.165) is 37.2 Å². The number of rotatable bonds is 4. The molecule has 5 rings (SSSR count). The lowest BCUT2D eigenvalue weighted by Gasteiger charge is -2.30. The number of halogens is 1. The van der Waals surface area contributed by atoms with E-state index in [1.54, 1.807) is 54.9 Å². The Labute approximate surface area is 196 Å². The van der Waals surface area contributed by atoms with Crippen LogP contribution in [0.1, 0.15) is 34.5 Å². The first kappa shape index (κ1) is 21.4. The van der Waals surface area contributed by atoms with Gasteiger partial charge in [-0.1, -0.05) is 11.6 Å². The first-order chi connectivity index (χ1) is 16.0. The zero-order valence-corrected chi connectivity index (χ0v) is 18.9. The van der Waals surface area contributed by atoms with Crippen molar-refractivity contribution in [3.05, 3.63) is 70.7 Å². The van der Waals surface area contributed by atoms with Gasteiger partial charge in [-0.05, 0) is 68.9 Å². The number of nitrogens with one attached hydrogen (secondary N) is 2. The van der Waals surface area contributed by atoms with E-state index in [-0.39, 0.29) is 17.9 Å². The monoisotopic (exact) mass is 462 g/mol. The Morgan fingerprint density at radius 1 is 1.27 bits per heavy atom. The summed E-state index contributed by atoms with van der Waals surface area (Å²) < 4.78 is 5.96. The number of hydrogen-bond acceptors (Lipinski definition) is 5. The Kier molecular flexibility index (Phi) is 5.74. The zero-order chi connectivity index (χ0) is 22.9. The van der Waals surface area contributed by atoms with Crippen LogP contribution in [0, 0.1) is 0 Å². The van der Waals surface area contributed by atoms with Crippen molar-refractivity contribution < 1.29 is 14.0 Å². The highest BCUT2D eigenvalue weighted by Crippen LogP contribution is 2.35. The quantitative estimate of drug-likeness (QED) is 0.564. The average Bonchev–Trinajstić information content (AvgIpc) is 3.39. The molecule has 2 amide bonds. The van der Waals surface area contributed by atoms with Crippen molar-refractivity contribution in [1.29, 1.82) is 0 Å². The van der Waals surface area contributed by atoms with Crippen molar-refractivity contribution in [2.24, 2.45) is 0 Å². The molecular weight excluding hydrogens is 440 g/mol. The summed E-state index contributed by atoms with van der Waals surface area (Å²) in [6, 6.07) is 10.7. The summed E-state index contributed by atoms with van der Waals surface area (Å²) in [4.78, 5) is 31.6. The number of pyridine rings is 1. The lowest BCUT2D eigenvalue weighted by Crippen LogP contribution is -2.46. The average molecular weight is 463 g/mol. The summed E-state index contributed by atoms with van der Waals surface area (Å²) >= 11 is 6.10.